The molecule has 3 unspecified atom stereocenters. The highest BCUT2D eigenvalue weighted by Gasteiger charge is 2.22. The lowest BCUT2D eigenvalue weighted by Crippen LogP contribution is -2.30. The Bertz CT molecular complexity index is 703. The van der Waals surface area contributed by atoms with Crippen LogP contribution in [0.1, 0.15) is 31.4 Å². The van der Waals surface area contributed by atoms with E-state index in [-0.39, 0.29) is 36.4 Å². The number of nitrogens with two attached hydrogens (primary N) is 1. The fourth-order valence-electron chi connectivity index (χ4n) is 2.98. The second-order valence-electron chi connectivity index (χ2n) is 6.68. The fraction of sp³-hybridized carbons (Fsp3) is 0.381. The molecule has 0 saturated carbocycles. The SMILES string of the molecule is CC(C(=O)Nc1ccc(OCC2CCCO2)cc1)C(N)c1ccccc1.Cl. The molecule has 1 aliphatic rings. The van der Waals surface area contributed by atoms with Crippen molar-refractivity contribution in [1.29, 1.82) is 0 Å². The smallest absolute Gasteiger partial charge is 0.229 e. The van der Waals surface area contributed by atoms with Gasteiger partial charge in [-0.05, 0) is 42.7 Å². The Morgan fingerprint density at radius 2 is 1.93 bits per heavy atom. The molecule has 1 amide bonds. The summed E-state index contributed by atoms with van der Waals surface area (Å²) in [6, 6.07) is 16.7. The van der Waals surface area contributed by atoms with Crippen LogP contribution in [0, 0.1) is 5.92 Å². The maximum Gasteiger partial charge on any atom is 0.229 e. The Balaban J connectivity index is 0.00000261. The molecule has 0 spiro atoms. The Hall–Kier alpha value is -2.08. The summed E-state index contributed by atoms with van der Waals surface area (Å²) in [5.41, 5.74) is 7.90. The van der Waals surface area contributed by atoms with E-state index in [9.17, 15) is 4.79 Å². The molecule has 0 aliphatic carbocycles. The van der Waals surface area contributed by atoms with E-state index in [4.69, 9.17) is 15.2 Å². The summed E-state index contributed by atoms with van der Waals surface area (Å²) in [4.78, 5) is 12.5. The minimum Gasteiger partial charge on any atom is -0.491 e. The molecule has 2 aromatic carbocycles. The van der Waals surface area contributed by atoms with Gasteiger partial charge in [-0.15, -0.1) is 12.4 Å². The summed E-state index contributed by atoms with van der Waals surface area (Å²) in [5.74, 6) is 0.328. The number of carbonyl (C=O) groups excluding carboxylic acids is 1. The van der Waals surface area contributed by atoms with Crippen LogP contribution >= 0.6 is 12.4 Å². The van der Waals surface area contributed by atoms with Gasteiger partial charge in [-0.3, -0.25) is 4.79 Å². The summed E-state index contributed by atoms with van der Waals surface area (Å²) < 4.78 is 11.3. The average molecular weight is 391 g/mol. The molecule has 6 heteroatoms. The number of anilines is 1. The number of benzene rings is 2. The van der Waals surface area contributed by atoms with Crippen LogP contribution in [0.3, 0.4) is 0 Å². The van der Waals surface area contributed by atoms with E-state index in [1.54, 1.807) is 0 Å². The van der Waals surface area contributed by atoms with Crippen molar-refractivity contribution in [3.05, 3.63) is 60.2 Å². The van der Waals surface area contributed by atoms with Crippen LogP contribution < -0.4 is 15.8 Å². The van der Waals surface area contributed by atoms with E-state index in [0.717, 1.165) is 36.4 Å². The molecule has 1 fully saturated rings. The van der Waals surface area contributed by atoms with Crippen molar-refractivity contribution >= 4 is 24.0 Å². The maximum absolute atomic E-state index is 12.5. The quantitative estimate of drug-likeness (QED) is 0.750. The molecule has 0 radical (unpaired) electrons. The van der Waals surface area contributed by atoms with E-state index in [2.05, 4.69) is 5.32 Å². The lowest BCUT2D eigenvalue weighted by molar-refractivity contribution is -0.120. The van der Waals surface area contributed by atoms with Gasteiger partial charge in [-0.25, -0.2) is 0 Å². The number of rotatable bonds is 7. The third kappa shape index (κ3) is 5.96. The molecule has 3 rings (SSSR count). The monoisotopic (exact) mass is 390 g/mol. The van der Waals surface area contributed by atoms with E-state index >= 15 is 0 Å². The number of nitrogens with one attached hydrogen (secondary N) is 1. The highest BCUT2D eigenvalue weighted by atomic mass is 35.5. The fourth-order valence-corrected chi connectivity index (χ4v) is 2.98. The summed E-state index contributed by atoms with van der Waals surface area (Å²) in [5, 5.41) is 2.92. The zero-order valence-electron chi connectivity index (χ0n) is 15.5. The molecule has 3 N–H and O–H groups in total. The molecule has 1 saturated heterocycles. The van der Waals surface area contributed by atoms with Gasteiger partial charge in [0, 0.05) is 18.3 Å². The molecule has 27 heavy (non-hydrogen) atoms. The van der Waals surface area contributed by atoms with E-state index in [1.165, 1.54) is 0 Å². The number of halogens is 1. The Morgan fingerprint density at radius 1 is 1.22 bits per heavy atom. The minimum absolute atomic E-state index is 0. The van der Waals surface area contributed by atoms with E-state index < -0.39 is 0 Å². The number of carbonyl (C=O) groups is 1. The Kier molecular flexibility index (Phi) is 8.10. The molecule has 5 nitrogen and oxygen atoms in total. The Labute approximate surface area is 166 Å². The second kappa shape index (κ2) is 10.3. The number of hydrogen-bond donors (Lipinski definition) is 2. The normalized spacial score (nSPS) is 18.2. The summed E-state index contributed by atoms with van der Waals surface area (Å²) in [6.45, 7) is 3.23. The van der Waals surface area contributed by atoms with Crippen molar-refractivity contribution in [3.63, 3.8) is 0 Å². The largest absolute Gasteiger partial charge is 0.491 e. The zero-order chi connectivity index (χ0) is 18.4. The lowest BCUT2D eigenvalue weighted by atomic mass is 9.94. The van der Waals surface area contributed by atoms with Gasteiger partial charge in [0.1, 0.15) is 12.4 Å². The summed E-state index contributed by atoms with van der Waals surface area (Å²) in [6.07, 6.45) is 2.34. The first-order valence-corrected chi connectivity index (χ1v) is 9.09. The van der Waals surface area contributed by atoms with Crippen molar-refractivity contribution in [2.45, 2.75) is 31.9 Å². The van der Waals surface area contributed by atoms with Gasteiger partial charge < -0.3 is 20.5 Å². The van der Waals surface area contributed by atoms with Crippen LogP contribution in [-0.4, -0.2) is 25.2 Å². The first-order valence-electron chi connectivity index (χ1n) is 9.09. The van der Waals surface area contributed by atoms with Crippen LogP contribution in [0.4, 0.5) is 5.69 Å². The van der Waals surface area contributed by atoms with Gasteiger partial charge in [-0.1, -0.05) is 37.3 Å². The number of amides is 1. The molecule has 0 aromatic heterocycles. The molecular formula is C21H27ClN2O3. The van der Waals surface area contributed by atoms with Crippen LogP contribution in [0.15, 0.2) is 54.6 Å². The Morgan fingerprint density at radius 3 is 2.56 bits per heavy atom. The predicted octanol–water partition coefficient (Wildman–Crippen LogP) is 3.94. The topological polar surface area (TPSA) is 73.6 Å². The van der Waals surface area contributed by atoms with E-state index in [0.29, 0.717) is 6.61 Å². The zero-order valence-corrected chi connectivity index (χ0v) is 16.3. The third-order valence-corrected chi connectivity index (χ3v) is 4.72. The van der Waals surface area contributed by atoms with Crippen LogP contribution in [0.2, 0.25) is 0 Å². The van der Waals surface area contributed by atoms with Gasteiger partial charge in [0.25, 0.3) is 0 Å². The van der Waals surface area contributed by atoms with Crippen molar-refractivity contribution < 1.29 is 14.3 Å². The second-order valence-corrected chi connectivity index (χ2v) is 6.68. The van der Waals surface area contributed by atoms with Crippen LogP contribution in [0.5, 0.6) is 5.75 Å². The van der Waals surface area contributed by atoms with Crippen molar-refractivity contribution in [3.8, 4) is 5.75 Å². The van der Waals surface area contributed by atoms with Crippen LogP contribution in [0.25, 0.3) is 0 Å². The highest BCUT2D eigenvalue weighted by molar-refractivity contribution is 5.92. The molecule has 2 aromatic rings. The first-order chi connectivity index (χ1) is 12.6. The van der Waals surface area contributed by atoms with Gasteiger partial charge in [0.05, 0.1) is 12.0 Å². The minimum atomic E-state index is -0.342. The van der Waals surface area contributed by atoms with Gasteiger partial charge >= 0.3 is 0 Å². The molecule has 0 bridgehead atoms. The predicted molar refractivity (Wildman–Crippen MR) is 109 cm³/mol. The molecule has 1 aliphatic heterocycles. The summed E-state index contributed by atoms with van der Waals surface area (Å²) in [7, 11) is 0. The molecule has 1 heterocycles. The van der Waals surface area contributed by atoms with Gasteiger partial charge in [0.2, 0.25) is 5.91 Å². The molecule has 3 atom stereocenters. The maximum atomic E-state index is 12.5. The number of hydrogen-bond acceptors (Lipinski definition) is 4. The van der Waals surface area contributed by atoms with Crippen molar-refractivity contribution in [2.24, 2.45) is 11.7 Å². The first kappa shape index (κ1) is 21.2. The van der Waals surface area contributed by atoms with Gasteiger partial charge in [0.15, 0.2) is 0 Å². The number of ether oxygens (including phenoxy) is 2. The summed E-state index contributed by atoms with van der Waals surface area (Å²) >= 11 is 0. The average Bonchev–Trinajstić information content (AvgIpc) is 3.20. The molecular weight excluding hydrogens is 364 g/mol. The van der Waals surface area contributed by atoms with Crippen LogP contribution in [-0.2, 0) is 9.53 Å². The lowest BCUT2D eigenvalue weighted by Gasteiger charge is -2.20. The van der Waals surface area contributed by atoms with E-state index in [1.807, 2.05) is 61.5 Å². The van der Waals surface area contributed by atoms with Crippen molar-refractivity contribution in [2.75, 3.05) is 18.5 Å². The standard InChI is InChI=1S/C21H26N2O3.ClH/c1-15(20(22)16-6-3-2-4-7-16)21(24)23-17-9-11-18(12-10-17)26-14-19-8-5-13-25-19;/h2-4,6-7,9-12,15,19-20H,5,8,13-14,22H2,1H3,(H,23,24);1H. The van der Waals surface area contributed by atoms with Crippen molar-refractivity contribution in [1.82, 2.24) is 0 Å². The highest BCUT2D eigenvalue weighted by Crippen LogP contribution is 2.22. The third-order valence-electron chi connectivity index (χ3n) is 4.72. The molecule has 146 valence electrons. The van der Waals surface area contributed by atoms with Gasteiger partial charge in [-0.2, -0.15) is 0 Å².